The van der Waals surface area contributed by atoms with Gasteiger partial charge in [0.05, 0.1) is 0 Å². The van der Waals surface area contributed by atoms with E-state index in [1.165, 1.54) is 61.0 Å². The number of hydrogen-bond donors (Lipinski definition) is 0. The molecule has 0 amide bonds. The smallest absolute Gasteiger partial charge is 0.135 e. The highest BCUT2D eigenvalue weighted by molar-refractivity contribution is 6.06. The third-order valence-corrected chi connectivity index (χ3v) is 13.3. The number of para-hydroxylation sites is 1. The molecular formula is C52H37NO. The maximum absolute atomic E-state index is 6.29. The van der Waals surface area contributed by atoms with E-state index in [2.05, 4.69) is 175 Å². The number of furan rings is 1. The van der Waals surface area contributed by atoms with Crippen LogP contribution in [0.1, 0.15) is 47.9 Å². The summed E-state index contributed by atoms with van der Waals surface area (Å²) in [6.45, 7) is 0. The predicted molar refractivity (Wildman–Crippen MR) is 223 cm³/mol. The van der Waals surface area contributed by atoms with E-state index in [0.717, 1.165) is 59.0 Å². The van der Waals surface area contributed by atoms with Gasteiger partial charge in [-0.1, -0.05) is 127 Å². The molecule has 0 N–H and O–H groups in total. The van der Waals surface area contributed by atoms with Crippen molar-refractivity contribution in [1.29, 1.82) is 0 Å². The highest BCUT2D eigenvalue weighted by atomic mass is 16.3. The van der Waals surface area contributed by atoms with Gasteiger partial charge in [-0.3, -0.25) is 0 Å². The Labute approximate surface area is 314 Å². The highest BCUT2D eigenvalue weighted by Gasteiger charge is 2.53. The number of hydrogen-bond acceptors (Lipinski definition) is 2. The zero-order valence-corrected chi connectivity index (χ0v) is 29.9. The van der Waals surface area contributed by atoms with Crippen LogP contribution in [0.4, 0.5) is 17.1 Å². The fraction of sp³-hybridized carbons (Fsp3) is 0.115. The van der Waals surface area contributed by atoms with E-state index in [0.29, 0.717) is 0 Å². The van der Waals surface area contributed by atoms with Gasteiger partial charge >= 0.3 is 0 Å². The largest absolute Gasteiger partial charge is 0.456 e. The fourth-order valence-electron chi connectivity index (χ4n) is 10.8. The summed E-state index contributed by atoms with van der Waals surface area (Å²) in [6, 6.07) is 65.5. The zero-order chi connectivity index (χ0) is 35.4. The second-order valence-electron chi connectivity index (χ2n) is 15.7. The fourth-order valence-corrected chi connectivity index (χ4v) is 10.8. The second-order valence-corrected chi connectivity index (χ2v) is 15.7. The third-order valence-electron chi connectivity index (χ3n) is 13.3. The van der Waals surface area contributed by atoms with Gasteiger partial charge in [0.25, 0.3) is 0 Å². The lowest BCUT2D eigenvalue weighted by molar-refractivity contribution is 0.265. The highest BCUT2D eigenvalue weighted by Crippen LogP contribution is 2.64. The quantitative estimate of drug-likeness (QED) is 0.183. The van der Waals surface area contributed by atoms with Crippen LogP contribution < -0.4 is 4.90 Å². The summed E-state index contributed by atoms with van der Waals surface area (Å²) >= 11 is 0. The van der Waals surface area contributed by atoms with Gasteiger partial charge in [-0.2, -0.15) is 0 Å². The molecule has 54 heavy (non-hydrogen) atoms. The number of anilines is 3. The van der Waals surface area contributed by atoms with Crippen LogP contribution in [0.5, 0.6) is 0 Å². The molecule has 1 aromatic heterocycles. The van der Waals surface area contributed by atoms with Crippen molar-refractivity contribution in [3.63, 3.8) is 0 Å². The van der Waals surface area contributed by atoms with E-state index in [9.17, 15) is 0 Å². The van der Waals surface area contributed by atoms with E-state index in [-0.39, 0.29) is 10.8 Å². The number of nitrogens with zero attached hydrogens (tertiary/aromatic N) is 1. The van der Waals surface area contributed by atoms with Crippen LogP contribution in [0.15, 0.2) is 180 Å². The van der Waals surface area contributed by atoms with Crippen LogP contribution in [0.2, 0.25) is 0 Å². The van der Waals surface area contributed by atoms with Crippen LogP contribution in [0.3, 0.4) is 0 Å². The van der Waals surface area contributed by atoms with Gasteiger partial charge in [-0.05, 0) is 129 Å². The minimum absolute atomic E-state index is 0.0493. The van der Waals surface area contributed by atoms with Crippen molar-refractivity contribution in [1.82, 2.24) is 0 Å². The molecule has 0 unspecified atom stereocenters. The SMILES string of the molecule is c1ccc2c(c1)-c1ccccc1C21CCC2(CC1)c1ccccc1-c1ccc(N(c3ccc4ccccc4c3)c3ccc4oc5ccccc5c4c3)cc12. The summed E-state index contributed by atoms with van der Waals surface area (Å²) in [4.78, 5) is 2.46. The summed E-state index contributed by atoms with van der Waals surface area (Å²) in [5, 5.41) is 4.75. The van der Waals surface area contributed by atoms with Crippen molar-refractivity contribution in [2.24, 2.45) is 0 Å². The molecular weight excluding hydrogens is 655 g/mol. The number of fused-ring (bicyclic) bond motifs is 14. The summed E-state index contributed by atoms with van der Waals surface area (Å²) in [6.07, 6.45) is 4.45. The van der Waals surface area contributed by atoms with Gasteiger partial charge in [0, 0.05) is 38.7 Å². The molecule has 9 aromatic rings. The summed E-state index contributed by atoms with van der Waals surface area (Å²) < 4.78 is 6.29. The molecule has 0 saturated heterocycles. The molecule has 1 heterocycles. The van der Waals surface area contributed by atoms with Crippen molar-refractivity contribution >= 4 is 49.8 Å². The van der Waals surface area contributed by atoms with E-state index in [1.54, 1.807) is 0 Å². The summed E-state index contributed by atoms with van der Waals surface area (Å²) in [5.41, 5.74) is 16.9. The van der Waals surface area contributed by atoms with Crippen molar-refractivity contribution in [2.45, 2.75) is 36.5 Å². The first-order chi connectivity index (χ1) is 26.7. The van der Waals surface area contributed by atoms with E-state index in [1.807, 2.05) is 6.07 Å². The lowest BCUT2D eigenvalue weighted by Crippen LogP contribution is -2.39. The van der Waals surface area contributed by atoms with Gasteiger partial charge in [-0.15, -0.1) is 0 Å². The van der Waals surface area contributed by atoms with Crippen molar-refractivity contribution < 1.29 is 4.42 Å². The Kier molecular flexibility index (Phi) is 6.17. The Morgan fingerprint density at radius 1 is 0.352 bits per heavy atom. The molecule has 0 aliphatic heterocycles. The molecule has 3 aliphatic carbocycles. The first-order valence-electron chi connectivity index (χ1n) is 19.3. The Morgan fingerprint density at radius 3 is 1.54 bits per heavy atom. The van der Waals surface area contributed by atoms with Crippen molar-refractivity contribution in [3.05, 3.63) is 198 Å². The van der Waals surface area contributed by atoms with Crippen molar-refractivity contribution in [2.75, 3.05) is 4.90 Å². The molecule has 12 rings (SSSR count). The Hall–Kier alpha value is -6.38. The maximum atomic E-state index is 6.29. The summed E-state index contributed by atoms with van der Waals surface area (Å²) in [5.74, 6) is 0. The average Bonchev–Trinajstić information content (AvgIpc) is 3.84. The first kappa shape index (κ1) is 30.1. The number of rotatable bonds is 3. The Balaban J connectivity index is 1.03. The Morgan fingerprint density at radius 2 is 0.833 bits per heavy atom. The average molecular weight is 692 g/mol. The molecule has 1 fully saturated rings. The topological polar surface area (TPSA) is 16.4 Å². The van der Waals surface area contributed by atoms with Gasteiger partial charge in [-0.25, -0.2) is 0 Å². The molecule has 2 spiro atoms. The molecule has 0 bridgehead atoms. The molecule has 0 atom stereocenters. The van der Waals surface area contributed by atoms with Gasteiger partial charge in [0.2, 0.25) is 0 Å². The lowest BCUT2D eigenvalue weighted by atomic mass is 9.57. The van der Waals surface area contributed by atoms with Crippen molar-refractivity contribution in [3.8, 4) is 22.3 Å². The molecule has 256 valence electrons. The predicted octanol–water partition coefficient (Wildman–Crippen LogP) is 14.0. The van der Waals surface area contributed by atoms with Gasteiger partial charge < -0.3 is 9.32 Å². The lowest BCUT2D eigenvalue weighted by Gasteiger charge is -2.45. The third kappa shape index (κ3) is 4.06. The minimum Gasteiger partial charge on any atom is -0.456 e. The van der Waals surface area contributed by atoms with Crippen LogP contribution in [0.25, 0.3) is 55.0 Å². The maximum Gasteiger partial charge on any atom is 0.135 e. The second kappa shape index (κ2) is 11.1. The normalized spacial score (nSPS) is 15.8. The summed E-state index contributed by atoms with van der Waals surface area (Å²) in [7, 11) is 0. The minimum atomic E-state index is -0.0561. The molecule has 2 nitrogen and oxygen atoms in total. The molecule has 8 aromatic carbocycles. The van der Waals surface area contributed by atoms with Crippen LogP contribution in [0, 0.1) is 0 Å². The van der Waals surface area contributed by atoms with E-state index >= 15 is 0 Å². The first-order valence-corrected chi connectivity index (χ1v) is 19.3. The number of benzene rings is 8. The standard InChI is InChI=1S/C52H37NO/c1-2-12-35-31-36(22-21-34(35)11-1)53(37-24-26-50-44(32-37)43-16-6-10-20-49(43)54-50)38-23-25-42-41-15-5-9-19-47(41)52(48(42)33-38)29-27-51(28-30-52)45-17-7-3-13-39(45)40-14-4-8-18-46(40)51/h1-26,31-33H,27-30H2. The van der Waals surface area contributed by atoms with Gasteiger partial charge in [0.15, 0.2) is 0 Å². The van der Waals surface area contributed by atoms with E-state index < -0.39 is 0 Å². The van der Waals surface area contributed by atoms with Crippen LogP contribution >= 0.6 is 0 Å². The Bertz CT molecular complexity index is 2930. The van der Waals surface area contributed by atoms with Gasteiger partial charge in [0.1, 0.15) is 11.2 Å². The zero-order valence-electron chi connectivity index (χ0n) is 29.9. The van der Waals surface area contributed by atoms with Crippen LogP contribution in [-0.4, -0.2) is 0 Å². The van der Waals surface area contributed by atoms with E-state index in [4.69, 9.17) is 4.42 Å². The molecule has 1 saturated carbocycles. The molecule has 0 radical (unpaired) electrons. The molecule has 2 heteroatoms. The van der Waals surface area contributed by atoms with Crippen LogP contribution in [-0.2, 0) is 10.8 Å². The monoisotopic (exact) mass is 691 g/mol. The molecule has 3 aliphatic rings.